The Morgan fingerprint density at radius 3 is 1.95 bits per heavy atom. The Morgan fingerprint density at radius 1 is 0.459 bits per heavy atom. The molecule has 0 aliphatic rings. The van der Waals surface area contributed by atoms with Crippen molar-refractivity contribution in [2.75, 3.05) is 0 Å². The van der Waals surface area contributed by atoms with E-state index in [1.165, 1.54) is 64.4 Å². The van der Waals surface area contributed by atoms with Gasteiger partial charge in [0.05, 0.1) is 0 Å². The van der Waals surface area contributed by atoms with Crippen LogP contribution in [0.5, 0.6) is 0 Å². The monoisotopic (exact) mass is 489 g/mol. The summed E-state index contributed by atoms with van der Waals surface area (Å²) >= 11 is 1.83. The zero-order valence-electron chi connectivity index (χ0n) is 20.1. The van der Waals surface area contributed by atoms with Crippen molar-refractivity contribution in [3.05, 3.63) is 140 Å². The first kappa shape index (κ1) is 21.8. The van der Waals surface area contributed by atoms with Crippen LogP contribution in [0.3, 0.4) is 0 Å². The van der Waals surface area contributed by atoms with Crippen molar-refractivity contribution in [3.8, 4) is 22.3 Å². The van der Waals surface area contributed by atoms with E-state index in [-0.39, 0.29) is 0 Å². The van der Waals surface area contributed by atoms with Gasteiger partial charge >= 0.3 is 0 Å². The summed E-state index contributed by atoms with van der Waals surface area (Å²) in [6.07, 6.45) is 3.94. The van der Waals surface area contributed by atoms with E-state index in [9.17, 15) is 0 Å². The molecule has 1 aromatic heterocycles. The Labute approximate surface area is 220 Å². The molecule has 174 valence electrons. The van der Waals surface area contributed by atoms with Crippen molar-refractivity contribution in [1.29, 1.82) is 0 Å². The van der Waals surface area contributed by atoms with Gasteiger partial charge in [-0.05, 0) is 67.4 Å². The molecule has 7 aromatic rings. The third-order valence-electron chi connectivity index (χ3n) is 7.02. The predicted molar refractivity (Wildman–Crippen MR) is 158 cm³/mol. The molecule has 1 heterocycles. The summed E-state index contributed by atoms with van der Waals surface area (Å²) in [5.74, 6) is 0. The number of benzene rings is 6. The lowest BCUT2D eigenvalue weighted by Gasteiger charge is -2.18. The smallest absolute Gasteiger partial charge is 0.0353 e. The summed E-state index contributed by atoms with van der Waals surface area (Å²) in [5.41, 5.74) is 4.96. The summed E-state index contributed by atoms with van der Waals surface area (Å²) in [5, 5.41) is 7.44. The fourth-order valence-electron chi connectivity index (χ4n) is 5.29. The van der Waals surface area contributed by atoms with E-state index in [0.29, 0.717) is 0 Å². The first-order valence-electron chi connectivity index (χ1n) is 12.5. The lowest BCUT2D eigenvalue weighted by Crippen LogP contribution is -1.91. The average molecular weight is 490 g/mol. The number of hydrogen-bond acceptors (Lipinski definition) is 2. The molecule has 0 saturated carbocycles. The molecule has 7 rings (SSSR count). The van der Waals surface area contributed by atoms with Gasteiger partial charge in [-0.1, -0.05) is 121 Å². The summed E-state index contributed by atoms with van der Waals surface area (Å²) in [6.45, 7) is 0. The van der Waals surface area contributed by atoms with Crippen molar-refractivity contribution < 1.29 is 0 Å². The van der Waals surface area contributed by atoms with Crippen molar-refractivity contribution in [2.24, 2.45) is 0 Å². The summed E-state index contributed by atoms with van der Waals surface area (Å²) < 4.78 is 0. The maximum absolute atomic E-state index is 4.57. The number of pyridine rings is 1. The van der Waals surface area contributed by atoms with Crippen molar-refractivity contribution in [1.82, 2.24) is 4.98 Å². The highest BCUT2D eigenvalue weighted by Crippen LogP contribution is 2.46. The highest BCUT2D eigenvalue weighted by Gasteiger charge is 2.17. The Hall–Kier alpha value is -4.40. The van der Waals surface area contributed by atoms with Crippen LogP contribution in [0.15, 0.2) is 150 Å². The second kappa shape index (κ2) is 9.24. The van der Waals surface area contributed by atoms with Crippen LogP contribution in [0, 0.1) is 0 Å². The Morgan fingerprint density at radius 2 is 1.11 bits per heavy atom. The number of rotatable bonds is 4. The van der Waals surface area contributed by atoms with Crippen LogP contribution in [0.2, 0.25) is 0 Å². The highest BCUT2D eigenvalue weighted by molar-refractivity contribution is 7.99. The molecule has 0 saturated heterocycles. The van der Waals surface area contributed by atoms with Crippen LogP contribution in [0.25, 0.3) is 54.6 Å². The van der Waals surface area contributed by atoms with Crippen molar-refractivity contribution in [2.45, 2.75) is 9.79 Å². The van der Waals surface area contributed by atoms with Gasteiger partial charge in [-0.2, -0.15) is 0 Å². The predicted octanol–water partition coefficient (Wildman–Crippen LogP) is 10.0. The molecular formula is C35H23NS. The summed E-state index contributed by atoms with van der Waals surface area (Å²) in [7, 11) is 0. The Bertz CT molecular complexity index is 1830. The van der Waals surface area contributed by atoms with Gasteiger partial charge in [0.25, 0.3) is 0 Å². The first-order chi connectivity index (χ1) is 18.4. The van der Waals surface area contributed by atoms with Crippen LogP contribution >= 0.6 is 11.8 Å². The molecule has 0 N–H and O–H groups in total. The maximum atomic E-state index is 4.57. The van der Waals surface area contributed by atoms with Crippen LogP contribution in [0.1, 0.15) is 0 Å². The van der Waals surface area contributed by atoms with Gasteiger partial charge in [0.15, 0.2) is 0 Å². The normalized spacial score (nSPS) is 11.4. The number of nitrogens with zero attached hydrogens (tertiary/aromatic N) is 1. The summed E-state index contributed by atoms with van der Waals surface area (Å²) in [6, 6.07) is 45.6. The molecule has 0 radical (unpaired) electrons. The topological polar surface area (TPSA) is 12.9 Å². The van der Waals surface area contributed by atoms with Gasteiger partial charge in [0, 0.05) is 27.6 Å². The minimum absolute atomic E-state index is 1.18. The second-order valence-corrected chi connectivity index (χ2v) is 10.3. The van der Waals surface area contributed by atoms with Crippen molar-refractivity contribution >= 4 is 44.1 Å². The molecule has 0 aliphatic heterocycles. The molecular weight excluding hydrogens is 466 g/mol. The molecule has 0 fully saturated rings. The van der Waals surface area contributed by atoms with Gasteiger partial charge in [-0.15, -0.1) is 0 Å². The highest BCUT2D eigenvalue weighted by atomic mass is 32.2. The van der Waals surface area contributed by atoms with Gasteiger partial charge in [0.1, 0.15) is 0 Å². The van der Waals surface area contributed by atoms with Crippen LogP contribution in [-0.2, 0) is 0 Å². The maximum Gasteiger partial charge on any atom is 0.0353 e. The molecule has 0 amide bonds. The van der Waals surface area contributed by atoms with E-state index in [1.807, 2.05) is 24.2 Å². The van der Waals surface area contributed by atoms with Gasteiger partial charge in [-0.3, -0.25) is 4.98 Å². The molecule has 6 aromatic carbocycles. The van der Waals surface area contributed by atoms with Crippen molar-refractivity contribution in [3.63, 3.8) is 0 Å². The number of hydrogen-bond donors (Lipinski definition) is 0. The standard InChI is InChI=1S/C35H23NS/c1-2-9-24(10-3-1)25-17-19-27(20-18-25)37-35-31-15-7-6-14-30(31)34(33-23-36-22-21-32(33)35)29-16-8-12-26-11-4-5-13-28(26)29/h1-23H. The van der Waals surface area contributed by atoms with E-state index < -0.39 is 0 Å². The van der Waals surface area contributed by atoms with Gasteiger partial charge < -0.3 is 0 Å². The fourth-order valence-corrected chi connectivity index (χ4v) is 6.37. The Kier molecular flexibility index (Phi) is 5.45. The second-order valence-electron chi connectivity index (χ2n) is 9.19. The fraction of sp³-hybridized carbons (Fsp3) is 0. The molecule has 0 spiro atoms. The minimum atomic E-state index is 1.18. The zero-order valence-corrected chi connectivity index (χ0v) is 21.0. The van der Waals surface area contributed by atoms with E-state index in [0.717, 1.165) is 0 Å². The van der Waals surface area contributed by atoms with E-state index >= 15 is 0 Å². The molecule has 1 nitrogen and oxygen atoms in total. The van der Waals surface area contributed by atoms with Gasteiger partial charge in [-0.25, -0.2) is 0 Å². The van der Waals surface area contributed by atoms with Gasteiger partial charge in [0.2, 0.25) is 0 Å². The number of aromatic nitrogens is 1. The Balaban J connectivity index is 1.44. The lowest BCUT2D eigenvalue weighted by atomic mass is 9.90. The van der Waals surface area contributed by atoms with E-state index in [4.69, 9.17) is 0 Å². The molecule has 0 aliphatic carbocycles. The quantitative estimate of drug-likeness (QED) is 0.228. The largest absolute Gasteiger partial charge is 0.264 e. The third kappa shape index (κ3) is 3.87. The zero-order chi connectivity index (χ0) is 24.6. The molecule has 0 atom stereocenters. The van der Waals surface area contributed by atoms with E-state index in [2.05, 4.69) is 132 Å². The molecule has 0 bridgehead atoms. The number of fused-ring (bicyclic) bond motifs is 3. The molecule has 37 heavy (non-hydrogen) atoms. The lowest BCUT2D eigenvalue weighted by molar-refractivity contribution is 1.36. The van der Waals surface area contributed by atoms with E-state index in [1.54, 1.807) is 0 Å². The van der Waals surface area contributed by atoms with Crippen LogP contribution < -0.4 is 0 Å². The first-order valence-corrected chi connectivity index (χ1v) is 13.3. The summed E-state index contributed by atoms with van der Waals surface area (Å²) in [4.78, 5) is 7.06. The van der Waals surface area contributed by atoms with Crippen LogP contribution in [0.4, 0.5) is 0 Å². The molecule has 0 unspecified atom stereocenters. The average Bonchev–Trinajstić information content (AvgIpc) is 2.98. The SMILES string of the molecule is c1ccc(-c2ccc(Sc3c4ccccc4c(-c4cccc5ccccc45)c4cnccc34)cc2)cc1. The minimum Gasteiger partial charge on any atom is -0.264 e. The molecule has 2 heteroatoms. The third-order valence-corrected chi connectivity index (χ3v) is 8.17. The van der Waals surface area contributed by atoms with Crippen LogP contribution in [-0.4, -0.2) is 4.98 Å².